The third-order valence-electron chi connectivity index (χ3n) is 3.54. The van der Waals surface area contributed by atoms with E-state index in [0.29, 0.717) is 0 Å². The van der Waals surface area contributed by atoms with Gasteiger partial charge in [-0.25, -0.2) is 4.68 Å². The van der Waals surface area contributed by atoms with Gasteiger partial charge in [0, 0.05) is 5.56 Å². The lowest BCUT2D eigenvalue weighted by Gasteiger charge is -2.07. The van der Waals surface area contributed by atoms with Gasteiger partial charge >= 0.3 is 0 Å². The summed E-state index contributed by atoms with van der Waals surface area (Å²) in [5, 5.41) is 16.7. The molecule has 4 rings (SSSR count). The van der Waals surface area contributed by atoms with Gasteiger partial charge in [-0.15, -0.1) is 10.2 Å². The second kappa shape index (κ2) is 4.83. The number of rotatable bonds is 2. The molecule has 3 aromatic carbocycles. The van der Waals surface area contributed by atoms with E-state index in [0.717, 1.165) is 5.56 Å². The maximum atomic E-state index is 4.40. The molecule has 4 nitrogen and oxygen atoms in total. The van der Waals surface area contributed by atoms with Gasteiger partial charge in [-0.05, 0) is 27.6 Å². The molecule has 0 unspecified atom stereocenters. The average molecular weight is 272 g/mol. The summed E-state index contributed by atoms with van der Waals surface area (Å²) in [7, 11) is 0. The largest absolute Gasteiger partial charge is 0.208 e. The highest BCUT2D eigenvalue weighted by molar-refractivity contribution is 6.13. The summed E-state index contributed by atoms with van der Waals surface area (Å²) in [5.74, 6) is 0. The first-order valence-electron chi connectivity index (χ1n) is 6.71. The molecule has 0 atom stereocenters. The normalized spacial score (nSPS) is 11.6. The fourth-order valence-corrected chi connectivity index (χ4v) is 2.57. The topological polar surface area (TPSA) is 43.1 Å². The minimum atomic E-state index is 1.11. The van der Waals surface area contributed by atoms with Gasteiger partial charge in [0.05, 0.1) is 6.21 Å². The molecule has 21 heavy (non-hydrogen) atoms. The van der Waals surface area contributed by atoms with E-state index in [1.165, 1.54) is 21.5 Å². The van der Waals surface area contributed by atoms with E-state index in [2.05, 4.69) is 57.8 Å². The van der Waals surface area contributed by atoms with Crippen molar-refractivity contribution >= 4 is 27.8 Å². The lowest BCUT2D eigenvalue weighted by atomic mass is 9.97. The number of fused-ring (bicyclic) bond motifs is 2. The zero-order valence-corrected chi connectivity index (χ0v) is 11.2. The highest BCUT2D eigenvalue weighted by Gasteiger charge is 2.05. The molecule has 4 aromatic rings. The lowest BCUT2D eigenvalue weighted by molar-refractivity contribution is 0.879. The van der Waals surface area contributed by atoms with Crippen LogP contribution in [0.1, 0.15) is 5.56 Å². The van der Waals surface area contributed by atoms with E-state index in [1.807, 2.05) is 18.3 Å². The molecular formula is C17H12N4. The van der Waals surface area contributed by atoms with Gasteiger partial charge in [0.25, 0.3) is 0 Å². The molecule has 0 radical (unpaired) electrons. The first-order chi connectivity index (χ1) is 10.4. The summed E-state index contributed by atoms with van der Waals surface area (Å²) < 4.78 is 1.59. The summed E-state index contributed by atoms with van der Waals surface area (Å²) in [6.07, 6.45) is 5.02. The van der Waals surface area contributed by atoms with E-state index in [-0.39, 0.29) is 0 Å². The Kier molecular flexibility index (Phi) is 2.71. The molecule has 0 aliphatic rings. The van der Waals surface area contributed by atoms with Crippen LogP contribution in [0.15, 0.2) is 72.4 Å². The van der Waals surface area contributed by atoms with Crippen molar-refractivity contribution in [3.05, 3.63) is 72.8 Å². The van der Waals surface area contributed by atoms with E-state index >= 15 is 0 Å². The van der Waals surface area contributed by atoms with Gasteiger partial charge in [-0.3, -0.25) is 0 Å². The van der Waals surface area contributed by atoms with Crippen LogP contribution >= 0.6 is 0 Å². The Morgan fingerprint density at radius 1 is 0.810 bits per heavy atom. The van der Waals surface area contributed by atoms with E-state index in [1.54, 1.807) is 17.3 Å². The zero-order chi connectivity index (χ0) is 14.1. The monoisotopic (exact) mass is 272 g/mol. The molecule has 0 aliphatic carbocycles. The fraction of sp³-hybridized carbons (Fsp3) is 0. The standard InChI is InChI=1S/C17H12N4/c1-3-7-15-13(5-1)9-14-6-2-4-8-16(14)17(15)10-20-21-11-18-19-12-21/h1-12H. The van der Waals surface area contributed by atoms with Crippen molar-refractivity contribution in [2.24, 2.45) is 5.10 Å². The number of nitrogens with zero attached hydrogens (tertiary/aromatic N) is 4. The van der Waals surface area contributed by atoms with Crippen LogP contribution in [0.5, 0.6) is 0 Å². The first kappa shape index (κ1) is 11.8. The number of hydrogen-bond donors (Lipinski definition) is 0. The Balaban J connectivity index is 2.02. The van der Waals surface area contributed by atoms with Crippen LogP contribution < -0.4 is 0 Å². The SMILES string of the molecule is C(=Nn1cnnc1)c1c2ccccc2cc2ccccc12. The maximum Gasteiger partial charge on any atom is 0.141 e. The molecular weight excluding hydrogens is 260 g/mol. The van der Waals surface area contributed by atoms with Crippen molar-refractivity contribution in [2.75, 3.05) is 0 Å². The first-order valence-corrected chi connectivity index (χ1v) is 6.71. The van der Waals surface area contributed by atoms with Gasteiger partial charge in [-0.1, -0.05) is 48.5 Å². The van der Waals surface area contributed by atoms with Crippen LogP contribution in [-0.2, 0) is 0 Å². The average Bonchev–Trinajstić information content (AvgIpc) is 3.05. The number of hydrogen-bond acceptors (Lipinski definition) is 3. The van der Waals surface area contributed by atoms with Crippen molar-refractivity contribution < 1.29 is 0 Å². The van der Waals surface area contributed by atoms with E-state index < -0.39 is 0 Å². The van der Waals surface area contributed by atoms with Crippen molar-refractivity contribution in [1.29, 1.82) is 0 Å². The molecule has 4 heteroatoms. The second-order valence-electron chi connectivity index (χ2n) is 4.82. The van der Waals surface area contributed by atoms with Crippen molar-refractivity contribution in [2.45, 2.75) is 0 Å². The molecule has 0 saturated heterocycles. The maximum absolute atomic E-state index is 4.40. The molecule has 100 valence electrons. The van der Waals surface area contributed by atoms with Crippen LogP contribution in [0.4, 0.5) is 0 Å². The summed E-state index contributed by atoms with van der Waals surface area (Å²) in [6.45, 7) is 0. The zero-order valence-electron chi connectivity index (χ0n) is 11.2. The quantitative estimate of drug-likeness (QED) is 0.414. The van der Waals surface area contributed by atoms with Crippen molar-refractivity contribution in [3.63, 3.8) is 0 Å². The van der Waals surface area contributed by atoms with Gasteiger partial charge in [-0.2, -0.15) is 5.10 Å². The molecule has 0 spiro atoms. The Morgan fingerprint density at radius 2 is 1.38 bits per heavy atom. The minimum Gasteiger partial charge on any atom is -0.208 e. The van der Waals surface area contributed by atoms with Gasteiger partial charge < -0.3 is 0 Å². The highest BCUT2D eigenvalue weighted by atomic mass is 15.4. The minimum absolute atomic E-state index is 1.11. The fourth-order valence-electron chi connectivity index (χ4n) is 2.57. The summed E-state index contributed by atoms with van der Waals surface area (Å²) >= 11 is 0. The molecule has 0 N–H and O–H groups in total. The van der Waals surface area contributed by atoms with Gasteiger partial charge in [0.1, 0.15) is 12.7 Å². The van der Waals surface area contributed by atoms with Crippen LogP contribution in [0.2, 0.25) is 0 Å². The lowest BCUT2D eigenvalue weighted by Crippen LogP contribution is -1.91. The summed E-state index contributed by atoms with van der Waals surface area (Å²) in [4.78, 5) is 0. The van der Waals surface area contributed by atoms with E-state index in [4.69, 9.17) is 0 Å². The van der Waals surface area contributed by atoms with Crippen molar-refractivity contribution in [3.8, 4) is 0 Å². The molecule has 0 bridgehead atoms. The Labute approximate surface area is 121 Å². The van der Waals surface area contributed by atoms with E-state index in [9.17, 15) is 0 Å². The summed E-state index contributed by atoms with van der Waals surface area (Å²) in [5.41, 5.74) is 1.11. The van der Waals surface area contributed by atoms with Gasteiger partial charge in [0.15, 0.2) is 0 Å². The third kappa shape index (κ3) is 2.07. The molecule has 0 aliphatic heterocycles. The van der Waals surface area contributed by atoms with Crippen LogP contribution in [0.25, 0.3) is 21.5 Å². The van der Waals surface area contributed by atoms with Crippen LogP contribution in [-0.4, -0.2) is 21.1 Å². The second-order valence-corrected chi connectivity index (χ2v) is 4.82. The Hall–Kier alpha value is -3.01. The van der Waals surface area contributed by atoms with Crippen molar-refractivity contribution in [1.82, 2.24) is 14.9 Å². The van der Waals surface area contributed by atoms with Crippen LogP contribution in [0, 0.1) is 0 Å². The smallest absolute Gasteiger partial charge is 0.141 e. The highest BCUT2D eigenvalue weighted by Crippen LogP contribution is 2.27. The third-order valence-corrected chi connectivity index (χ3v) is 3.54. The predicted octanol–water partition coefficient (Wildman–Crippen LogP) is 3.47. The predicted molar refractivity (Wildman–Crippen MR) is 84.5 cm³/mol. The Bertz CT molecular complexity index is 886. The molecule has 0 amide bonds. The number of benzene rings is 3. The molecule has 1 aromatic heterocycles. The van der Waals surface area contributed by atoms with Crippen LogP contribution in [0.3, 0.4) is 0 Å². The molecule has 0 fully saturated rings. The summed E-state index contributed by atoms with van der Waals surface area (Å²) in [6, 6.07) is 18.9. The molecule has 0 saturated carbocycles. The van der Waals surface area contributed by atoms with Gasteiger partial charge in [0.2, 0.25) is 0 Å². The Morgan fingerprint density at radius 3 is 2.00 bits per heavy atom. The number of aromatic nitrogens is 3. The molecule has 1 heterocycles.